The number of hydrogen-bond acceptors (Lipinski definition) is 1. The van der Waals surface area contributed by atoms with E-state index >= 15 is 0 Å². The van der Waals surface area contributed by atoms with Gasteiger partial charge in [-0.3, -0.25) is 0 Å². The van der Waals surface area contributed by atoms with E-state index in [9.17, 15) is 0 Å². The number of nitrogens with one attached hydrogen (secondary N) is 1. The van der Waals surface area contributed by atoms with Crippen LogP contribution in [0.2, 0.25) is 0 Å². The van der Waals surface area contributed by atoms with Crippen LogP contribution in [-0.2, 0) is 0 Å². The maximum Gasteiger partial charge on any atom is 0.168 e. The van der Waals surface area contributed by atoms with Crippen LogP contribution < -0.4 is 5.32 Å². The van der Waals surface area contributed by atoms with E-state index in [-0.39, 0.29) is 0 Å². The molecule has 0 aromatic heterocycles. The third-order valence-electron chi connectivity index (χ3n) is 2.73. The highest BCUT2D eigenvalue weighted by molar-refractivity contribution is 7.80. The lowest BCUT2D eigenvalue weighted by molar-refractivity contribution is 0.326. The van der Waals surface area contributed by atoms with E-state index in [0.29, 0.717) is 0 Å². The van der Waals surface area contributed by atoms with Gasteiger partial charge in [0.2, 0.25) is 0 Å². The highest BCUT2D eigenvalue weighted by Crippen LogP contribution is 2.42. The first-order valence-electron chi connectivity index (χ1n) is 4.31. The summed E-state index contributed by atoms with van der Waals surface area (Å²) in [6.45, 7) is 1.17. The number of hydrogen-bond donors (Lipinski definition) is 1. The number of piperidine rings is 1. The Morgan fingerprint density at radius 2 is 2.45 bits per heavy atom. The molecule has 0 spiro atoms. The molecule has 1 saturated heterocycles. The Hall–Kier alpha value is -0.310. The molecule has 11 heavy (non-hydrogen) atoms. The molecule has 2 rings (SSSR count). The maximum atomic E-state index is 5.19. The van der Waals surface area contributed by atoms with Crippen LogP contribution in [0.5, 0.6) is 0 Å². The van der Waals surface area contributed by atoms with Gasteiger partial charge < -0.3 is 10.2 Å². The molecule has 0 amide bonds. The zero-order valence-corrected chi connectivity index (χ0v) is 7.66. The molecular formula is C8H14N2S. The molecule has 0 aromatic carbocycles. The smallest absolute Gasteiger partial charge is 0.168 e. The van der Waals surface area contributed by atoms with Gasteiger partial charge in [-0.2, -0.15) is 0 Å². The van der Waals surface area contributed by atoms with Gasteiger partial charge in [0.25, 0.3) is 0 Å². The Morgan fingerprint density at radius 3 is 3.18 bits per heavy atom. The topological polar surface area (TPSA) is 15.3 Å². The standard InChI is InChI=1S/C8H14N2S/c1-9-8(11)10-4-2-3-6-5-7(6)10/h6-7H,2-5H2,1H3,(H,9,11). The van der Waals surface area contributed by atoms with E-state index in [1.165, 1.54) is 25.8 Å². The van der Waals surface area contributed by atoms with E-state index < -0.39 is 0 Å². The van der Waals surface area contributed by atoms with E-state index in [1.54, 1.807) is 0 Å². The number of thiocarbonyl (C=S) groups is 1. The first-order chi connectivity index (χ1) is 5.33. The van der Waals surface area contributed by atoms with Crippen LogP contribution >= 0.6 is 12.2 Å². The van der Waals surface area contributed by atoms with Gasteiger partial charge in [0, 0.05) is 19.6 Å². The fourth-order valence-electron chi connectivity index (χ4n) is 2.01. The van der Waals surface area contributed by atoms with Crippen LogP contribution in [0.15, 0.2) is 0 Å². The van der Waals surface area contributed by atoms with Crippen molar-refractivity contribution in [3.8, 4) is 0 Å². The summed E-state index contributed by atoms with van der Waals surface area (Å²) < 4.78 is 0. The number of likely N-dealkylation sites (tertiary alicyclic amines) is 1. The van der Waals surface area contributed by atoms with Gasteiger partial charge in [0.15, 0.2) is 5.11 Å². The normalized spacial score (nSPS) is 34.5. The minimum Gasteiger partial charge on any atom is -0.366 e. The Kier molecular flexibility index (Phi) is 1.75. The molecule has 2 fully saturated rings. The van der Waals surface area contributed by atoms with Crippen molar-refractivity contribution < 1.29 is 0 Å². The first kappa shape index (κ1) is 7.35. The molecule has 0 aromatic rings. The van der Waals surface area contributed by atoms with Gasteiger partial charge in [-0.25, -0.2) is 0 Å². The zero-order chi connectivity index (χ0) is 7.84. The molecule has 3 heteroatoms. The van der Waals surface area contributed by atoms with Crippen LogP contribution in [0.4, 0.5) is 0 Å². The molecular weight excluding hydrogens is 156 g/mol. The van der Waals surface area contributed by atoms with Gasteiger partial charge in [-0.15, -0.1) is 0 Å². The molecule has 0 bridgehead atoms. The van der Waals surface area contributed by atoms with Crippen molar-refractivity contribution in [1.29, 1.82) is 0 Å². The van der Waals surface area contributed by atoms with Crippen LogP contribution in [0.3, 0.4) is 0 Å². The average Bonchev–Trinajstić information content (AvgIpc) is 2.80. The van der Waals surface area contributed by atoms with Gasteiger partial charge in [-0.1, -0.05) is 0 Å². The van der Waals surface area contributed by atoms with Gasteiger partial charge in [0.05, 0.1) is 0 Å². The summed E-state index contributed by atoms with van der Waals surface area (Å²) in [5.41, 5.74) is 0. The van der Waals surface area contributed by atoms with Crippen molar-refractivity contribution in [2.24, 2.45) is 5.92 Å². The number of rotatable bonds is 0. The van der Waals surface area contributed by atoms with Gasteiger partial charge in [0.1, 0.15) is 0 Å². The Labute approximate surface area is 73.0 Å². The molecule has 2 nitrogen and oxygen atoms in total. The second kappa shape index (κ2) is 2.63. The molecule has 0 radical (unpaired) electrons. The molecule has 2 aliphatic rings. The molecule has 2 atom stereocenters. The van der Waals surface area contributed by atoms with Crippen LogP contribution in [0, 0.1) is 5.92 Å². The van der Waals surface area contributed by atoms with Crippen molar-refractivity contribution in [2.45, 2.75) is 25.3 Å². The van der Waals surface area contributed by atoms with Crippen molar-refractivity contribution in [3.63, 3.8) is 0 Å². The van der Waals surface area contributed by atoms with Crippen molar-refractivity contribution in [1.82, 2.24) is 10.2 Å². The molecule has 62 valence electrons. The van der Waals surface area contributed by atoms with Crippen LogP contribution in [-0.4, -0.2) is 29.6 Å². The lowest BCUT2D eigenvalue weighted by Crippen LogP contribution is -2.42. The van der Waals surface area contributed by atoms with E-state index in [0.717, 1.165) is 17.1 Å². The Bertz CT molecular complexity index is 181. The second-order valence-corrected chi connectivity index (χ2v) is 3.84. The molecule has 1 aliphatic carbocycles. The monoisotopic (exact) mass is 170 g/mol. The largest absolute Gasteiger partial charge is 0.366 e. The summed E-state index contributed by atoms with van der Waals surface area (Å²) >= 11 is 5.19. The summed E-state index contributed by atoms with van der Waals surface area (Å²) in [6, 6.07) is 0.795. The molecule has 1 aliphatic heterocycles. The summed E-state index contributed by atoms with van der Waals surface area (Å²) in [5.74, 6) is 0.968. The third kappa shape index (κ3) is 1.22. The molecule has 1 N–H and O–H groups in total. The highest BCUT2D eigenvalue weighted by Gasteiger charge is 2.44. The van der Waals surface area contributed by atoms with Crippen molar-refractivity contribution >= 4 is 17.3 Å². The van der Waals surface area contributed by atoms with E-state index in [1.807, 2.05) is 7.05 Å². The lowest BCUT2D eigenvalue weighted by atomic mass is 10.1. The number of fused-ring (bicyclic) bond motifs is 1. The van der Waals surface area contributed by atoms with Crippen LogP contribution in [0.1, 0.15) is 19.3 Å². The predicted molar refractivity (Wildman–Crippen MR) is 49.5 cm³/mol. The SMILES string of the molecule is CNC(=S)N1CCCC2CC21. The van der Waals surface area contributed by atoms with E-state index in [2.05, 4.69) is 10.2 Å². The fourth-order valence-corrected chi connectivity index (χ4v) is 2.24. The summed E-state index contributed by atoms with van der Waals surface area (Å²) in [7, 11) is 1.91. The lowest BCUT2D eigenvalue weighted by Gasteiger charge is -2.28. The Balaban J connectivity index is 1.97. The summed E-state index contributed by atoms with van der Waals surface area (Å²) in [4.78, 5) is 2.35. The summed E-state index contributed by atoms with van der Waals surface area (Å²) in [5, 5.41) is 3.99. The summed E-state index contributed by atoms with van der Waals surface area (Å²) in [6.07, 6.45) is 4.12. The minimum absolute atomic E-state index is 0.795. The quantitative estimate of drug-likeness (QED) is 0.545. The Morgan fingerprint density at radius 1 is 1.64 bits per heavy atom. The van der Waals surface area contributed by atoms with Gasteiger partial charge >= 0.3 is 0 Å². The van der Waals surface area contributed by atoms with E-state index in [4.69, 9.17) is 12.2 Å². The minimum atomic E-state index is 0.795. The first-order valence-corrected chi connectivity index (χ1v) is 4.72. The predicted octanol–water partition coefficient (Wildman–Crippen LogP) is 0.975. The second-order valence-electron chi connectivity index (χ2n) is 3.45. The molecule has 1 heterocycles. The average molecular weight is 170 g/mol. The highest BCUT2D eigenvalue weighted by atomic mass is 32.1. The third-order valence-corrected chi connectivity index (χ3v) is 3.17. The zero-order valence-electron chi connectivity index (χ0n) is 6.84. The van der Waals surface area contributed by atoms with Gasteiger partial charge in [-0.05, 0) is 37.4 Å². The van der Waals surface area contributed by atoms with Crippen molar-refractivity contribution in [2.75, 3.05) is 13.6 Å². The fraction of sp³-hybridized carbons (Fsp3) is 0.875. The van der Waals surface area contributed by atoms with Crippen molar-refractivity contribution in [3.05, 3.63) is 0 Å². The number of nitrogens with zero attached hydrogens (tertiary/aromatic N) is 1. The van der Waals surface area contributed by atoms with Crippen LogP contribution in [0.25, 0.3) is 0 Å². The maximum absolute atomic E-state index is 5.19. The molecule has 2 unspecified atom stereocenters. The molecule has 1 saturated carbocycles.